The summed E-state index contributed by atoms with van der Waals surface area (Å²) in [6.07, 6.45) is 1.41. The highest BCUT2D eigenvalue weighted by Crippen LogP contribution is 2.30. The molecule has 0 aromatic carbocycles. The quantitative estimate of drug-likeness (QED) is 0.692. The summed E-state index contributed by atoms with van der Waals surface area (Å²) in [4.78, 5) is 5.76. The zero-order valence-corrected chi connectivity index (χ0v) is 8.84. The predicted octanol–water partition coefficient (Wildman–Crippen LogP) is 2.97. The van der Waals surface area contributed by atoms with Crippen molar-refractivity contribution in [2.45, 2.75) is 18.8 Å². The van der Waals surface area contributed by atoms with E-state index in [1.807, 2.05) is 4.90 Å². The topological polar surface area (TPSA) is 16.1 Å². The second kappa shape index (κ2) is 3.93. The van der Waals surface area contributed by atoms with Gasteiger partial charge in [0.15, 0.2) is 0 Å². The van der Waals surface area contributed by atoms with Crippen LogP contribution < -0.4 is 4.90 Å². The molecule has 0 N–H and O–H groups in total. The first-order chi connectivity index (χ1) is 7.07. The Bertz CT molecular complexity index is 347. The molecule has 82 valence electrons. The molecule has 0 saturated carbocycles. The predicted molar refractivity (Wildman–Crippen MR) is 55.6 cm³/mol. The maximum absolute atomic E-state index is 12.9. The molecule has 1 aliphatic rings. The fraction of sp³-hybridized carbons (Fsp3) is 0.500. The minimum absolute atomic E-state index is 0.0903. The van der Waals surface area contributed by atoms with E-state index in [1.54, 1.807) is 18.3 Å². The molecule has 5 heteroatoms. The zero-order valence-electron chi connectivity index (χ0n) is 8.09. The van der Waals surface area contributed by atoms with Gasteiger partial charge >= 0.3 is 0 Å². The molecule has 1 fully saturated rings. The van der Waals surface area contributed by atoms with Crippen molar-refractivity contribution in [3.05, 3.63) is 23.5 Å². The third kappa shape index (κ3) is 2.56. The number of nitrogens with zero attached hydrogens (tertiary/aromatic N) is 2. The molecule has 1 aromatic heterocycles. The first kappa shape index (κ1) is 10.6. The van der Waals surface area contributed by atoms with E-state index in [0.717, 1.165) is 5.69 Å². The summed E-state index contributed by atoms with van der Waals surface area (Å²) in [6.45, 7) is 0.737. The smallest absolute Gasteiger partial charge is 0.251 e. The maximum atomic E-state index is 12.9. The van der Waals surface area contributed by atoms with Gasteiger partial charge in [-0.15, -0.1) is 0 Å². The van der Waals surface area contributed by atoms with E-state index in [9.17, 15) is 8.78 Å². The van der Waals surface area contributed by atoms with Gasteiger partial charge in [0.25, 0.3) is 5.92 Å². The largest absolute Gasteiger partial charge is 0.371 e. The molecule has 0 atom stereocenters. The summed E-state index contributed by atoms with van der Waals surface area (Å²) in [5, 5.41) is 0.393. The normalized spacial score (nSPS) is 20.3. The molecule has 1 aliphatic heterocycles. The number of hydrogen-bond acceptors (Lipinski definition) is 2. The number of hydrogen-bond donors (Lipinski definition) is 0. The van der Waals surface area contributed by atoms with Crippen molar-refractivity contribution >= 4 is 17.3 Å². The lowest BCUT2D eigenvalue weighted by molar-refractivity contribution is -0.0220. The molecule has 0 unspecified atom stereocenters. The SMILES string of the molecule is FC1(F)CCN(c2ccnc(Cl)c2)CC1. The van der Waals surface area contributed by atoms with Crippen LogP contribution in [0.3, 0.4) is 0 Å². The fourth-order valence-corrected chi connectivity index (χ4v) is 1.85. The Morgan fingerprint density at radius 3 is 2.60 bits per heavy atom. The van der Waals surface area contributed by atoms with Crippen molar-refractivity contribution in [3.63, 3.8) is 0 Å². The molecule has 0 aliphatic carbocycles. The lowest BCUT2D eigenvalue weighted by atomic mass is 10.1. The minimum Gasteiger partial charge on any atom is -0.371 e. The Kier molecular flexibility index (Phi) is 2.78. The van der Waals surface area contributed by atoms with E-state index in [2.05, 4.69) is 4.98 Å². The van der Waals surface area contributed by atoms with Crippen LogP contribution in [-0.2, 0) is 0 Å². The number of alkyl halides is 2. The van der Waals surface area contributed by atoms with Crippen molar-refractivity contribution in [3.8, 4) is 0 Å². The second-order valence-electron chi connectivity index (χ2n) is 3.68. The number of anilines is 1. The van der Waals surface area contributed by atoms with Gasteiger partial charge in [-0.1, -0.05) is 11.6 Å². The summed E-state index contributed by atoms with van der Waals surface area (Å²) in [5.41, 5.74) is 0.866. The molecule has 2 heterocycles. The van der Waals surface area contributed by atoms with E-state index in [4.69, 9.17) is 11.6 Å². The minimum atomic E-state index is -2.51. The Hall–Kier alpha value is -0.900. The van der Waals surface area contributed by atoms with Crippen LogP contribution in [-0.4, -0.2) is 24.0 Å². The van der Waals surface area contributed by atoms with Gasteiger partial charge in [0.1, 0.15) is 5.15 Å². The van der Waals surface area contributed by atoms with Crippen molar-refractivity contribution < 1.29 is 8.78 Å². The van der Waals surface area contributed by atoms with Crippen molar-refractivity contribution in [1.29, 1.82) is 0 Å². The highest BCUT2D eigenvalue weighted by Gasteiger charge is 2.33. The van der Waals surface area contributed by atoms with Crippen LogP contribution in [0.5, 0.6) is 0 Å². The molecule has 15 heavy (non-hydrogen) atoms. The van der Waals surface area contributed by atoms with E-state index in [1.165, 1.54) is 0 Å². The van der Waals surface area contributed by atoms with E-state index < -0.39 is 5.92 Å². The highest BCUT2D eigenvalue weighted by atomic mass is 35.5. The van der Waals surface area contributed by atoms with Crippen LogP contribution in [0.2, 0.25) is 5.15 Å². The third-order valence-corrected chi connectivity index (χ3v) is 2.78. The van der Waals surface area contributed by atoms with Gasteiger partial charge in [0, 0.05) is 37.8 Å². The lowest BCUT2D eigenvalue weighted by Crippen LogP contribution is -2.39. The van der Waals surface area contributed by atoms with Crippen LogP contribution in [0.4, 0.5) is 14.5 Å². The summed E-state index contributed by atoms with van der Waals surface area (Å²) < 4.78 is 25.8. The summed E-state index contributed by atoms with van der Waals surface area (Å²) in [6, 6.07) is 3.49. The average molecular weight is 233 g/mol. The number of halogens is 3. The van der Waals surface area contributed by atoms with Crippen LogP contribution in [0.15, 0.2) is 18.3 Å². The number of aromatic nitrogens is 1. The molecule has 0 bridgehead atoms. The van der Waals surface area contributed by atoms with Gasteiger partial charge in [-0.25, -0.2) is 13.8 Å². The monoisotopic (exact) mass is 232 g/mol. The Morgan fingerprint density at radius 1 is 1.33 bits per heavy atom. The molecule has 0 amide bonds. The van der Waals surface area contributed by atoms with Gasteiger partial charge in [-0.3, -0.25) is 0 Å². The lowest BCUT2D eigenvalue weighted by Gasteiger charge is -2.33. The average Bonchev–Trinajstić information content (AvgIpc) is 2.17. The van der Waals surface area contributed by atoms with Crippen molar-refractivity contribution in [2.24, 2.45) is 0 Å². The molecule has 1 saturated heterocycles. The molecule has 2 nitrogen and oxygen atoms in total. The van der Waals surface area contributed by atoms with Gasteiger partial charge in [-0.2, -0.15) is 0 Å². The van der Waals surface area contributed by atoms with Crippen LogP contribution in [0, 0.1) is 0 Å². The second-order valence-corrected chi connectivity index (χ2v) is 4.07. The van der Waals surface area contributed by atoms with E-state index in [0.29, 0.717) is 18.2 Å². The Balaban J connectivity index is 2.08. The third-order valence-electron chi connectivity index (χ3n) is 2.57. The van der Waals surface area contributed by atoms with Crippen molar-refractivity contribution in [2.75, 3.05) is 18.0 Å². The van der Waals surface area contributed by atoms with E-state index >= 15 is 0 Å². The molecular weight excluding hydrogens is 222 g/mol. The first-order valence-electron chi connectivity index (χ1n) is 4.81. The Morgan fingerprint density at radius 2 is 2.00 bits per heavy atom. The molecular formula is C10H11ClF2N2. The molecule has 1 aromatic rings. The van der Waals surface area contributed by atoms with E-state index in [-0.39, 0.29) is 12.8 Å². The fourth-order valence-electron chi connectivity index (χ4n) is 1.68. The van der Waals surface area contributed by atoms with Gasteiger partial charge in [-0.05, 0) is 12.1 Å². The van der Waals surface area contributed by atoms with Crippen LogP contribution >= 0.6 is 11.6 Å². The molecule has 0 radical (unpaired) electrons. The zero-order chi connectivity index (χ0) is 10.9. The summed E-state index contributed by atoms with van der Waals surface area (Å²) in [5.74, 6) is -2.51. The summed E-state index contributed by atoms with van der Waals surface area (Å²) >= 11 is 5.73. The number of rotatable bonds is 1. The first-order valence-corrected chi connectivity index (χ1v) is 5.19. The van der Waals surface area contributed by atoms with Crippen molar-refractivity contribution in [1.82, 2.24) is 4.98 Å². The van der Waals surface area contributed by atoms with Gasteiger partial charge in [0.2, 0.25) is 0 Å². The highest BCUT2D eigenvalue weighted by molar-refractivity contribution is 6.29. The summed E-state index contributed by atoms with van der Waals surface area (Å²) in [7, 11) is 0. The number of piperidine rings is 1. The standard InChI is InChI=1S/C10H11ClF2N2/c11-9-7-8(1-4-14-9)15-5-2-10(12,13)3-6-15/h1,4,7H,2-3,5-6H2. The maximum Gasteiger partial charge on any atom is 0.251 e. The van der Waals surface area contributed by atoms with Gasteiger partial charge in [0.05, 0.1) is 0 Å². The van der Waals surface area contributed by atoms with Crippen LogP contribution in [0.25, 0.3) is 0 Å². The molecule has 2 rings (SSSR count). The van der Waals surface area contributed by atoms with Crippen LogP contribution in [0.1, 0.15) is 12.8 Å². The van der Waals surface area contributed by atoms with Gasteiger partial charge < -0.3 is 4.90 Å². The number of pyridine rings is 1. The Labute approximate surface area is 91.9 Å². The molecule has 0 spiro atoms.